The Balaban J connectivity index is 2.70. The molecule has 1 rings (SSSR count). The summed E-state index contributed by atoms with van der Waals surface area (Å²) < 4.78 is 36.0. The minimum absolute atomic E-state index is 0.371. The van der Waals surface area contributed by atoms with Gasteiger partial charge < -0.3 is 26.4 Å². The number of β-amino-alcohol motifs (C(OH)–C–C–N with tert-alkyl or cyclic N) is 1. The van der Waals surface area contributed by atoms with Crippen molar-refractivity contribution in [1.82, 2.24) is 10.6 Å². The molecule has 0 spiro atoms. The van der Waals surface area contributed by atoms with Crippen molar-refractivity contribution < 1.29 is 33.3 Å². The molecule has 0 saturated carbocycles. The molecular formula is C8H14F3N3O4. The summed E-state index contributed by atoms with van der Waals surface area (Å²) in [7, 11) is 0. The van der Waals surface area contributed by atoms with Crippen LogP contribution in [-0.4, -0.2) is 64.5 Å². The summed E-state index contributed by atoms with van der Waals surface area (Å²) in [5.74, 6) is -2.26. The summed E-state index contributed by atoms with van der Waals surface area (Å²) in [5, 5.41) is 32.5. The lowest BCUT2D eigenvalue weighted by Crippen LogP contribution is -2.73. The molecule has 1 aliphatic heterocycles. The summed E-state index contributed by atoms with van der Waals surface area (Å²) in [6, 6.07) is 0. The quantitative estimate of drug-likeness (QED) is 0.318. The van der Waals surface area contributed by atoms with E-state index >= 15 is 0 Å². The number of nitrogens with two attached hydrogens (primary N) is 1. The highest BCUT2D eigenvalue weighted by atomic mass is 19.4. The molecular weight excluding hydrogens is 259 g/mol. The highest BCUT2D eigenvalue weighted by Gasteiger charge is 2.49. The highest BCUT2D eigenvalue weighted by molar-refractivity contribution is 5.82. The number of nitrogens with one attached hydrogen (secondary N) is 2. The van der Waals surface area contributed by atoms with E-state index in [0.717, 1.165) is 0 Å². The van der Waals surface area contributed by atoms with Gasteiger partial charge in [0.25, 0.3) is 0 Å². The highest BCUT2D eigenvalue weighted by Crippen LogP contribution is 2.20. The average molecular weight is 273 g/mol. The van der Waals surface area contributed by atoms with Crippen LogP contribution in [0.2, 0.25) is 0 Å². The van der Waals surface area contributed by atoms with E-state index in [9.17, 15) is 33.3 Å². The Bertz CT molecular complexity index is 327. The smallest absolute Gasteiger partial charge is 0.387 e. The standard InChI is InChI=1S/C8H14F3N3O4/c9-8(10,11)6(17)14-5-3(15)4(16)7(18,1-12)2-13-5/h3-5,13,15-16,18H,1-2,12H2,(H,14,17). The van der Waals surface area contributed by atoms with Gasteiger partial charge in [-0.25, -0.2) is 0 Å². The van der Waals surface area contributed by atoms with Gasteiger partial charge in [0.2, 0.25) is 0 Å². The predicted molar refractivity (Wildman–Crippen MR) is 52.0 cm³/mol. The maximum Gasteiger partial charge on any atom is 0.471 e. The Morgan fingerprint density at radius 1 is 1.50 bits per heavy atom. The van der Waals surface area contributed by atoms with Crippen LogP contribution in [0, 0.1) is 0 Å². The van der Waals surface area contributed by atoms with Gasteiger partial charge in [-0.2, -0.15) is 13.2 Å². The van der Waals surface area contributed by atoms with Crippen LogP contribution in [0.1, 0.15) is 0 Å². The van der Waals surface area contributed by atoms with Gasteiger partial charge in [-0.05, 0) is 0 Å². The molecule has 0 aromatic carbocycles. The average Bonchev–Trinajstić information content (AvgIpc) is 2.29. The van der Waals surface area contributed by atoms with Crippen LogP contribution in [0.5, 0.6) is 0 Å². The molecule has 4 atom stereocenters. The first-order valence-electron chi connectivity index (χ1n) is 5.01. The lowest BCUT2D eigenvalue weighted by Gasteiger charge is -2.43. The van der Waals surface area contributed by atoms with E-state index in [-0.39, 0.29) is 6.54 Å². The largest absolute Gasteiger partial charge is 0.471 e. The Labute approximate surface area is 99.8 Å². The second-order valence-electron chi connectivity index (χ2n) is 4.07. The number of amides is 1. The van der Waals surface area contributed by atoms with Crippen LogP contribution >= 0.6 is 0 Å². The molecule has 1 heterocycles. The number of carbonyl (C=O) groups is 1. The van der Waals surface area contributed by atoms with E-state index in [4.69, 9.17) is 5.73 Å². The molecule has 4 unspecified atom stereocenters. The lowest BCUT2D eigenvalue weighted by atomic mass is 9.87. The van der Waals surface area contributed by atoms with Crippen molar-refractivity contribution in [3.05, 3.63) is 0 Å². The number of piperidine rings is 1. The van der Waals surface area contributed by atoms with Crippen molar-refractivity contribution >= 4 is 5.91 Å². The molecule has 1 saturated heterocycles. The molecule has 1 aliphatic rings. The molecule has 0 aliphatic carbocycles. The van der Waals surface area contributed by atoms with E-state index in [1.165, 1.54) is 5.32 Å². The van der Waals surface area contributed by atoms with Crippen molar-refractivity contribution in [3.8, 4) is 0 Å². The molecule has 106 valence electrons. The maximum atomic E-state index is 12.0. The van der Waals surface area contributed by atoms with Gasteiger partial charge in [0.1, 0.15) is 24.0 Å². The fourth-order valence-corrected chi connectivity index (χ4v) is 1.56. The van der Waals surface area contributed by atoms with Gasteiger partial charge in [-0.3, -0.25) is 10.1 Å². The summed E-state index contributed by atoms with van der Waals surface area (Å²) in [4.78, 5) is 10.7. The molecule has 1 fully saturated rings. The molecule has 0 aromatic heterocycles. The zero-order valence-electron chi connectivity index (χ0n) is 9.11. The monoisotopic (exact) mass is 273 g/mol. The van der Waals surface area contributed by atoms with Crippen LogP contribution in [-0.2, 0) is 4.79 Å². The van der Waals surface area contributed by atoms with Gasteiger partial charge in [-0.15, -0.1) is 0 Å². The third-order valence-electron chi connectivity index (χ3n) is 2.74. The van der Waals surface area contributed by atoms with Gasteiger partial charge in [0.15, 0.2) is 0 Å². The van der Waals surface area contributed by atoms with E-state index in [1.54, 1.807) is 0 Å². The zero-order chi connectivity index (χ0) is 14.1. The molecule has 1 amide bonds. The molecule has 0 radical (unpaired) electrons. The molecule has 0 aromatic rings. The number of alkyl halides is 3. The SMILES string of the molecule is NCC1(O)CNC(NC(=O)C(F)(F)F)C(O)C1O. The van der Waals surface area contributed by atoms with Crippen molar-refractivity contribution in [2.45, 2.75) is 30.2 Å². The topological polar surface area (TPSA) is 128 Å². The van der Waals surface area contributed by atoms with Gasteiger partial charge in [0.05, 0.1) is 0 Å². The van der Waals surface area contributed by atoms with Crippen molar-refractivity contribution in [2.75, 3.05) is 13.1 Å². The first-order chi connectivity index (χ1) is 8.12. The Kier molecular flexibility index (Phi) is 4.18. The molecule has 10 heteroatoms. The number of halogens is 3. The third-order valence-corrected chi connectivity index (χ3v) is 2.74. The van der Waals surface area contributed by atoms with Crippen molar-refractivity contribution in [3.63, 3.8) is 0 Å². The van der Waals surface area contributed by atoms with Crippen LogP contribution < -0.4 is 16.4 Å². The van der Waals surface area contributed by atoms with E-state index in [0.29, 0.717) is 0 Å². The summed E-state index contributed by atoms with van der Waals surface area (Å²) in [6.45, 7) is -0.775. The summed E-state index contributed by atoms with van der Waals surface area (Å²) >= 11 is 0. The number of aliphatic hydroxyl groups is 3. The van der Waals surface area contributed by atoms with Crippen LogP contribution in [0.25, 0.3) is 0 Å². The second-order valence-corrected chi connectivity index (χ2v) is 4.07. The number of aliphatic hydroxyl groups excluding tert-OH is 2. The zero-order valence-corrected chi connectivity index (χ0v) is 9.11. The van der Waals surface area contributed by atoms with Gasteiger partial charge in [0, 0.05) is 13.1 Å². The Hall–Kier alpha value is -0.940. The Morgan fingerprint density at radius 2 is 2.06 bits per heavy atom. The normalized spacial score (nSPS) is 37.4. The summed E-state index contributed by atoms with van der Waals surface area (Å²) in [5.41, 5.74) is 3.32. The number of carbonyl (C=O) groups excluding carboxylic acids is 1. The molecule has 7 N–H and O–H groups in total. The van der Waals surface area contributed by atoms with Crippen LogP contribution in [0.4, 0.5) is 13.2 Å². The first-order valence-corrected chi connectivity index (χ1v) is 5.01. The predicted octanol–water partition coefficient (Wildman–Crippen LogP) is -2.99. The second kappa shape index (κ2) is 4.97. The number of hydrogen-bond donors (Lipinski definition) is 6. The Morgan fingerprint density at radius 3 is 2.50 bits per heavy atom. The van der Waals surface area contributed by atoms with E-state index < -0.39 is 42.6 Å². The van der Waals surface area contributed by atoms with Crippen molar-refractivity contribution in [1.29, 1.82) is 0 Å². The molecule has 18 heavy (non-hydrogen) atoms. The van der Waals surface area contributed by atoms with Gasteiger partial charge >= 0.3 is 12.1 Å². The molecule has 0 bridgehead atoms. The van der Waals surface area contributed by atoms with Crippen molar-refractivity contribution in [2.24, 2.45) is 5.73 Å². The van der Waals surface area contributed by atoms with Gasteiger partial charge in [-0.1, -0.05) is 0 Å². The van der Waals surface area contributed by atoms with E-state index in [2.05, 4.69) is 5.32 Å². The third kappa shape index (κ3) is 2.90. The summed E-state index contributed by atoms with van der Waals surface area (Å²) in [6.07, 6.45) is -10.2. The minimum Gasteiger partial charge on any atom is -0.387 e. The number of hydrogen-bond acceptors (Lipinski definition) is 6. The van der Waals surface area contributed by atoms with Crippen LogP contribution in [0.3, 0.4) is 0 Å². The van der Waals surface area contributed by atoms with Crippen LogP contribution in [0.15, 0.2) is 0 Å². The molecule has 7 nitrogen and oxygen atoms in total. The fraction of sp³-hybridized carbons (Fsp3) is 0.875. The van der Waals surface area contributed by atoms with E-state index in [1.807, 2.05) is 0 Å². The minimum atomic E-state index is -5.10. The maximum absolute atomic E-state index is 12.0. The first kappa shape index (κ1) is 15.1. The fourth-order valence-electron chi connectivity index (χ4n) is 1.56. The lowest BCUT2D eigenvalue weighted by molar-refractivity contribution is -0.182. The number of rotatable bonds is 2.